The number of nitrogens with one attached hydrogen (secondary N) is 1. The molecule has 0 aliphatic carbocycles. The summed E-state index contributed by atoms with van der Waals surface area (Å²) in [5.41, 5.74) is 0. The first kappa shape index (κ1) is 7.32. The van der Waals surface area contributed by atoms with Gasteiger partial charge in [-0.05, 0) is 19.3 Å². The van der Waals surface area contributed by atoms with E-state index in [1.165, 1.54) is 0 Å². The quantitative estimate of drug-likeness (QED) is 0.502. The zero-order valence-electron chi connectivity index (χ0n) is 6.10. The van der Waals surface area contributed by atoms with Crippen LogP contribution in [-0.2, 0) is 4.79 Å². The number of hydrogen-bond acceptors (Lipinski definition) is 1. The Kier molecular flexibility index (Phi) is 3.00. The molecule has 1 heterocycles. The largest absolute Gasteiger partial charge is 0.356 e. The molecule has 0 atom stereocenters. The normalized spacial score (nSPS) is 23.8. The molecule has 1 rings (SSSR count). The second-order valence-corrected chi connectivity index (χ2v) is 2.50. The minimum absolute atomic E-state index is 0.187. The van der Waals surface area contributed by atoms with Crippen LogP contribution in [0.4, 0.5) is 0 Å². The summed E-state index contributed by atoms with van der Waals surface area (Å²) in [6, 6.07) is 0. The molecule has 0 fully saturated rings. The van der Waals surface area contributed by atoms with Crippen LogP contribution in [0.5, 0.6) is 0 Å². The molecule has 10 heavy (non-hydrogen) atoms. The van der Waals surface area contributed by atoms with E-state index in [9.17, 15) is 4.79 Å². The van der Waals surface area contributed by atoms with E-state index in [-0.39, 0.29) is 5.91 Å². The highest BCUT2D eigenvalue weighted by Crippen LogP contribution is 1.98. The van der Waals surface area contributed by atoms with Gasteiger partial charge in [-0.25, -0.2) is 0 Å². The molecular formula is C8H13NO. The molecule has 1 aliphatic rings. The Morgan fingerprint density at radius 2 is 2.10 bits per heavy atom. The molecular weight excluding hydrogens is 126 g/mol. The van der Waals surface area contributed by atoms with Gasteiger partial charge in [-0.15, -0.1) is 0 Å². The summed E-state index contributed by atoms with van der Waals surface area (Å²) in [4.78, 5) is 10.8. The van der Waals surface area contributed by atoms with E-state index < -0.39 is 0 Å². The first-order valence-electron chi connectivity index (χ1n) is 3.81. The summed E-state index contributed by atoms with van der Waals surface area (Å²) in [6.07, 6.45) is 7.95. The van der Waals surface area contributed by atoms with Crippen molar-refractivity contribution in [2.75, 3.05) is 6.54 Å². The predicted octanol–water partition coefficient (Wildman–Crippen LogP) is 1.23. The van der Waals surface area contributed by atoms with E-state index in [0.29, 0.717) is 6.42 Å². The van der Waals surface area contributed by atoms with Crippen molar-refractivity contribution in [2.45, 2.75) is 25.7 Å². The van der Waals surface area contributed by atoms with E-state index in [2.05, 4.69) is 17.5 Å². The molecule has 0 aromatic heterocycles. The summed E-state index contributed by atoms with van der Waals surface area (Å²) in [5.74, 6) is 0.187. The van der Waals surface area contributed by atoms with E-state index in [4.69, 9.17) is 0 Å². The second kappa shape index (κ2) is 4.09. The van der Waals surface area contributed by atoms with Gasteiger partial charge in [-0.2, -0.15) is 0 Å². The van der Waals surface area contributed by atoms with Gasteiger partial charge >= 0.3 is 0 Å². The lowest BCUT2D eigenvalue weighted by atomic mass is 10.2. The lowest BCUT2D eigenvalue weighted by molar-refractivity contribution is -0.120. The smallest absolute Gasteiger partial charge is 0.220 e. The van der Waals surface area contributed by atoms with Crippen molar-refractivity contribution in [2.24, 2.45) is 0 Å². The minimum Gasteiger partial charge on any atom is -0.356 e. The monoisotopic (exact) mass is 139 g/mol. The molecule has 2 heteroatoms. The van der Waals surface area contributed by atoms with Crippen molar-refractivity contribution in [1.29, 1.82) is 0 Å². The first-order valence-corrected chi connectivity index (χ1v) is 3.81. The van der Waals surface area contributed by atoms with Gasteiger partial charge < -0.3 is 5.32 Å². The summed E-state index contributed by atoms with van der Waals surface area (Å²) in [6.45, 7) is 0.836. The van der Waals surface area contributed by atoms with Crippen molar-refractivity contribution in [3.05, 3.63) is 12.2 Å². The van der Waals surface area contributed by atoms with Gasteiger partial charge in [0.1, 0.15) is 0 Å². The highest BCUT2D eigenvalue weighted by atomic mass is 16.1. The summed E-state index contributed by atoms with van der Waals surface area (Å²) >= 11 is 0. The van der Waals surface area contributed by atoms with Crippen LogP contribution in [0, 0.1) is 0 Å². The molecule has 1 N–H and O–H groups in total. The van der Waals surface area contributed by atoms with Crippen molar-refractivity contribution in [3.8, 4) is 0 Å². The Labute approximate surface area is 61.3 Å². The Hall–Kier alpha value is -0.790. The SMILES string of the molecule is O=C1CC/C=C\CCCN1. The number of carbonyl (C=O) groups is 1. The van der Waals surface area contributed by atoms with E-state index in [1.54, 1.807) is 0 Å². The van der Waals surface area contributed by atoms with Crippen molar-refractivity contribution < 1.29 is 4.79 Å². The minimum atomic E-state index is 0.187. The molecule has 56 valence electrons. The number of amides is 1. The molecule has 0 bridgehead atoms. The van der Waals surface area contributed by atoms with Crippen LogP contribution in [0.2, 0.25) is 0 Å². The fourth-order valence-corrected chi connectivity index (χ4v) is 0.986. The number of hydrogen-bond donors (Lipinski definition) is 1. The molecule has 0 saturated carbocycles. The zero-order chi connectivity index (χ0) is 7.23. The van der Waals surface area contributed by atoms with Crippen LogP contribution < -0.4 is 5.32 Å². The fraction of sp³-hybridized carbons (Fsp3) is 0.625. The maximum absolute atomic E-state index is 10.8. The van der Waals surface area contributed by atoms with Gasteiger partial charge in [0.05, 0.1) is 0 Å². The van der Waals surface area contributed by atoms with Gasteiger partial charge in [0.15, 0.2) is 0 Å². The maximum atomic E-state index is 10.8. The van der Waals surface area contributed by atoms with Crippen LogP contribution in [0.15, 0.2) is 12.2 Å². The van der Waals surface area contributed by atoms with Gasteiger partial charge in [0.2, 0.25) is 5.91 Å². The van der Waals surface area contributed by atoms with E-state index in [1.807, 2.05) is 0 Å². The molecule has 1 aliphatic heterocycles. The van der Waals surface area contributed by atoms with Gasteiger partial charge in [-0.3, -0.25) is 4.79 Å². The van der Waals surface area contributed by atoms with Crippen molar-refractivity contribution in [1.82, 2.24) is 5.32 Å². The molecule has 0 unspecified atom stereocenters. The summed E-state index contributed by atoms with van der Waals surface area (Å²) in [7, 11) is 0. The molecule has 0 saturated heterocycles. The van der Waals surface area contributed by atoms with Crippen LogP contribution in [0.25, 0.3) is 0 Å². The Morgan fingerprint density at radius 3 is 3.00 bits per heavy atom. The third-order valence-corrected chi connectivity index (χ3v) is 1.57. The number of carbonyl (C=O) groups excluding carboxylic acids is 1. The van der Waals surface area contributed by atoms with Crippen LogP contribution >= 0.6 is 0 Å². The fourth-order valence-electron chi connectivity index (χ4n) is 0.986. The standard InChI is InChI=1S/C8H13NO/c10-8-6-4-2-1-3-5-7-9-8/h1-2H,3-7H2,(H,9,10)/b2-1-. The third kappa shape index (κ3) is 2.67. The highest BCUT2D eigenvalue weighted by molar-refractivity contribution is 5.75. The Bertz CT molecular complexity index is 140. The summed E-state index contributed by atoms with van der Waals surface area (Å²) in [5, 5.41) is 2.85. The van der Waals surface area contributed by atoms with Crippen molar-refractivity contribution >= 4 is 5.91 Å². The van der Waals surface area contributed by atoms with Crippen LogP contribution in [-0.4, -0.2) is 12.5 Å². The number of rotatable bonds is 0. The zero-order valence-corrected chi connectivity index (χ0v) is 6.10. The van der Waals surface area contributed by atoms with Crippen LogP contribution in [0.3, 0.4) is 0 Å². The number of allylic oxidation sites excluding steroid dienone is 2. The van der Waals surface area contributed by atoms with E-state index in [0.717, 1.165) is 25.8 Å². The lowest BCUT2D eigenvalue weighted by Gasteiger charge is -1.99. The second-order valence-electron chi connectivity index (χ2n) is 2.50. The molecule has 0 spiro atoms. The van der Waals surface area contributed by atoms with Crippen molar-refractivity contribution in [3.63, 3.8) is 0 Å². The molecule has 2 nitrogen and oxygen atoms in total. The molecule has 0 radical (unpaired) electrons. The van der Waals surface area contributed by atoms with E-state index >= 15 is 0 Å². The average molecular weight is 139 g/mol. The van der Waals surface area contributed by atoms with Gasteiger partial charge in [-0.1, -0.05) is 12.2 Å². The summed E-state index contributed by atoms with van der Waals surface area (Å²) < 4.78 is 0. The lowest BCUT2D eigenvalue weighted by Crippen LogP contribution is -2.23. The Balaban J connectivity index is 2.32. The first-order chi connectivity index (χ1) is 4.89. The predicted molar refractivity (Wildman–Crippen MR) is 40.6 cm³/mol. The van der Waals surface area contributed by atoms with Gasteiger partial charge in [0, 0.05) is 13.0 Å². The topological polar surface area (TPSA) is 29.1 Å². The molecule has 0 aromatic carbocycles. The van der Waals surface area contributed by atoms with Crippen LogP contribution in [0.1, 0.15) is 25.7 Å². The molecule has 1 amide bonds. The average Bonchev–Trinajstić information content (AvgIpc) is 2.02. The maximum Gasteiger partial charge on any atom is 0.220 e. The Morgan fingerprint density at radius 1 is 1.30 bits per heavy atom. The third-order valence-electron chi connectivity index (χ3n) is 1.57. The molecule has 0 aromatic rings. The van der Waals surface area contributed by atoms with Gasteiger partial charge in [0.25, 0.3) is 0 Å². The highest BCUT2D eigenvalue weighted by Gasteiger charge is 1.98.